The highest BCUT2D eigenvalue weighted by molar-refractivity contribution is 9.10. The van der Waals surface area contributed by atoms with Crippen LogP contribution in [-0.4, -0.2) is 15.0 Å². The van der Waals surface area contributed by atoms with E-state index in [2.05, 4.69) is 41.5 Å². The van der Waals surface area contributed by atoms with Crippen LogP contribution in [0.3, 0.4) is 0 Å². The molecule has 2 heterocycles. The summed E-state index contributed by atoms with van der Waals surface area (Å²) in [4.78, 5) is 13.1. The van der Waals surface area contributed by atoms with Crippen molar-refractivity contribution in [3.8, 4) is 0 Å². The van der Waals surface area contributed by atoms with E-state index in [1.165, 1.54) is 0 Å². The second kappa shape index (κ2) is 7.19. The number of para-hydroxylation sites is 1. The van der Waals surface area contributed by atoms with E-state index in [1.807, 2.05) is 55.5 Å². The van der Waals surface area contributed by atoms with E-state index < -0.39 is 0 Å². The van der Waals surface area contributed by atoms with Crippen LogP contribution >= 0.6 is 15.9 Å². The van der Waals surface area contributed by atoms with Gasteiger partial charge in [0, 0.05) is 16.7 Å². The van der Waals surface area contributed by atoms with Crippen LogP contribution in [0, 0.1) is 6.92 Å². The number of pyridine rings is 1. The predicted octanol–water partition coefficient (Wildman–Crippen LogP) is 4.30. The van der Waals surface area contributed by atoms with Crippen molar-refractivity contribution in [1.29, 1.82) is 0 Å². The summed E-state index contributed by atoms with van der Waals surface area (Å²) in [6, 6.07) is 15.6. The van der Waals surface area contributed by atoms with Crippen molar-refractivity contribution in [1.82, 2.24) is 15.0 Å². The number of nitrogens with zero attached hydrogens (tertiary/aromatic N) is 3. The molecule has 0 saturated heterocycles. The van der Waals surface area contributed by atoms with Crippen molar-refractivity contribution in [2.75, 3.05) is 10.6 Å². The normalized spacial score (nSPS) is 10.3. The average Bonchev–Trinajstić information content (AvgIpc) is 2.56. The Hall–Kier alpha value is -2.47. The SMILES string of the molecule is Cc1nc(NCc2ccccn2)cc(Nc2ccccc2Br)n1. The summed E-state index contributed by atoms with van der Waals surface area (Å²) in [7, 11) is 0. The van der Waals surface area contributed by atoms with E-state index in [9.17, 15) is 0 Å². The smallest absolute Gasteiger partial charge is 0.136 e. The van der Waals surface area contributed by atoms with E-state index in [-0.39, 0.29) is 0 Å². The van der Waals surface area contributed by atoms with Crippen molar-refractivity contribution < 1.29 is 0 Å². The Morgan fingerprint density at radius 3 is 2.57 bits per heavy atom. The second-order valence-electron chi connectivity index (χ2n) is 4.97. The molecular formula is C17H16BrN5. The van der Waals surface area contributed by atoms with Gasteiger partial charge in [0.05, 0.1) is 17.9 Å². The summed E-state index contributed by atoms with van der Waals surface area (Å²) in [5.74, 6) is 2.20. The Labute approximate surface area is 143 Å². The molecule has 0 unspecified atom stereocenters. The highest BCUT2D eigenvalue weighted by Gasteiger charge is 2.05. The molecule has 3 aromatic rings. The number of hydrogen-bond donors (Lipinski definition) is 2. The predicted molar refractivity (Wildman–Crippen MR) is 95.8 cm³/mol. The van der Waals surface area contributed by atoms with Gasteiger partial charge in [0.2, 0.25) is 0 Å². The van der Waals surface area contributed by atoms with Gasteiger partial charge in [0.1, 0.15) is 17.5 Å². The number of halogens is 1. The van der Waals surface area contributed by atoms with Crippen molar-refractivity contribution in [2.45, 2.75) is 13.5 Å². The van der Waals surface area contributed by atoms with Gasteiger partial charge >= 0.3 is 0 Å². The van der Waals surface area contributed by atoms with Crippen molar-refractivity contribution in [2.24, 2.45) is 0 Å². The molecule has 23 heavy (non-hydrogen) atoms. The van der Waals surface area contributed by atoms with Crippen LogP contribution in [0.15, 0.2) is 59.2 Å². The van der Waals surface area contributed by atoms with Gasteiger partial charge in [0.25, 0.3) is 0 Å². The molecule has 0 aliphatic carbocycles. The minimum atomic E-state index is 0.617. The fourth-order valence-electron chi connectivity index (χ4n) is 2.11. The largest absolute Gasteiger partial charge is 0.364 e. The molecule has 0 aliphatic rings. The Kier molecular flexibility index (Phi) is 4.83. The van der Waals surface area contributed by atoms with Gasteiger partial charge in [-0.15, -0.1) is 0 Å². The summed E-state index contributed by atoms with van der Waals surface area (Å²) in [6.45, 7) is 2.49. The fraction of sp³-hybridized carbons (Fsp3) is 0.118. The highest BCUT2D eigenvalue weighted by atomic mass is 79.9. The first kappa shape index (κ1) is 15.4. The molecular weight excluding hydrogens is 354 g/mol. The van der Waals surface area contributed by atoms with Crippen molar-refractivity contribution in [3.63, 3.8) is 0 Å². The number of aromatic nitrogens is 3. The molecule has 0 fully saturated rings. The lowest BCUT2D eigenvalue weighted by atomic mass is 10.3. The van der Waals surface area contributed by atoms with Gasteiger partial charge in [-0.2, -0.15) is 0 Å². The Morgan fingerprint density at radius 1 is 1.00 bits per heavy atom. The first-order valence-electron chi connectivity index (χ1n) is 7.22. The molecule has 5 nitrogen and oxygen atoms in total. The third-order valence-electron chi connectivity index (χ3n) is 3.15. The second-order valence-corrected chi connectivity index (χ2v) is 5.82. The molecule has 0 saturated carbocycles. The zero-order valence-electron chi connectivity index (χ0n) is 12.6. The molecule has 0 amide bonds. The molecule has 2 N–H and O–H groups in total. The maximum atomic E-state index is 4.43. The first-order valence-corrected chi connectivity index (χ1v) is 8.01. The summed E-state index contributed by atoms with van der Waals surface area (Å²) >= 11 is 3.52. The summed E-state index contributed by atoms with van der Waals surface area (Å²) < 4.78 is 0.985. The van der Waals surface area contributed by atoms with Crippen LogP contribution in [0.5, 0.6) is 0 Å². The van der Waals surface area contributed by atoms with E-state index in [1.54, 1.807) is 6.20 Å². The summed E-state index contributed by atoms with van der Waals surface area (Å²) in [5.41, 5.74) is 1.92. The first-order chi connectivity index (χ1) is 11.2. The molecule has 1 aromatic carbocycles. The zero-order chi connectivity index (χ0) is 16.1. The van der Waals surface area contributed by atoms with E-state index in [4.69, 9.17) is 0 Å². The Bertz CT molecular complexity index is 792. The minimum absolute atomic E-state index is 0.617. The van der Waals surface area contributed by atoms with Gasteiger partial charge in [-0.25, -0.2) is 9.97 Å². The van der Waals surface area contributed by atoms with E-state index in [0.717, 1.165) is 27.5 Å². The van der Waals surface area contributed by atoms with Gasteiger partial charge in [-0.05, 0) is 47.1 Å². The van der Waals surface area contributed by atoms with Crippen LogP contribution in [0.4, 0.5) is 17.3 Å². The lowest BCUT2D eigenvalue weighted by Gasteiger charge is -2.11. The lowest BCUT2D eigenvalue weighted by molar-refractivity contribution is 0.996. The quantitative estimate of drug-likeness (QED) is 0.701. The number of rotatable bonds is 5. The van der Waals surface area contributed by atoms with Gasteiger partial charge in [-0.3, -0.25) is 4.98 Å². The zero-order valence-corrected chi connectivity index (χ0v) is 14.2. The van der Waals surface area contributed by atoms with Gasteiger partial charge < -0.3 is 10.6 Å². The molecule has 0 radical (unpaired) electrons. The van der Waals surface area contributed by atoms with E-state index >= 15 is 0 Å². The van der Waals surface area contributed by atoms with Crippen LogP contribution in [-0.2, 0) is 6.54 Å². The summed E-state index contributed by atoms with van der Waals surface area (Å²) in [5, 5.41) is 6.58. The van der Waals surface area contributed by atoms with Gasteiger partial charge in [0.15, 0.2) is 0 Å². The van der Waals surface area contributed by atoms with Crippen molar-refractivity contribution >= 4 is 33.3 Å². The number of anilines is 3. The molecule has 0 aliphatic heterocycles. The Balaban J connectivity index is 1.75. The fourth-order valence-corrected chi connectivity index (χ4v) is 2.49. The lowest BCUT2D eigenvalue weighted by Crippen LogP contribution is -2.06. The molecule has 0 atom stereocenters. The van der Waals surface area contributed by atoms with Crippen LogP contribution in [0.1, 0.15) is 11.5 Å². The molecule has 3 rings (SSSR count). The molecule has 6 heteroatoms. The van der Waals surface area contributed by atoms with Crippen molar-refractivity contribution in [3.05, 3.63) is 70.7 Å². The number of nitrogens with one attached hydrogen (secondary N) is 2. The standard InChI is InChI=1S/C17H16BrN5/c1-12-21-16(20-11-13-6-4-5-9-19-13)10-17(22-12)23-15-8-3-2-7-14(15)18/h2-10H,11H2,1H3,(H2,20,21,22,23). The maximum absolute atomic E-state index is 4.43. The third-order valence-corrected chi connectivity index (χ3v) is 3.84. The molecule has 0 spiro atoms. The van der Waals surface area contributed by atoms with Crippen LogP contribution < -0.4 is 10.6 Å². The maximum Gasteiger partial charge on any atom is 0.136 e. The third kappa shape index (κ3) is 4.26. The van der Waals surface area contributed by atoms with E-state index in [0.29, 0.717) is 12.4 Å². The summed E-state index contributed by atoms with van der Waals surface area (Å²) in [6.07, 6.45) is 1.78. The number of aryl methyl sites for hydroxylation is 1. The molecule has 2 aromatic heterocycles. The number of hydrogen-bond acceptors (Lipinski definition) is 5. The van der Waals surface area contributed by atoms with Gasteiger partial charge in [-0.1, -0.05) is 18.2 Å². The topological polar surface area (TPSA) is 62.7 Å². The number of benzene rings is 1. The highest BCUT2D eigenvalue weighted by Crippen LogP contribution is 2.25. The monoisotopic (exact) mass is 369 g/mol. The average molecular weight is 370 g/mol. The Morgan fingerprint density at radius 2 is 1.78 bits per heavy atom. The molecule has 116 valence electrons. The minimum Gasteiger partial charge on any atom is -0.364 e. The van der Waals surface area contributed by atoms with Crippen LogP contribution in [0.25, 0.3) is 0 Å². The molecule has 0 bridgehead atoms. The van der Waals surface area contributed by atoms with Crippen LogP contribution in [0.2, 0.25) is 0 Å².